The molecule has 2 aromatic heterocycles. The van der Waals surface area contributed by atoms with Crippen molar-refractivity contribution in [2.45, 2.75) is 13.1 Å². The monoisotopic (exact) mass is 274 g/mol. The molecule has 9 nitrogen and oxygen atoms in total. The van der Waals surface area contributed by atoms with Gasteiger partial charge in [0, 0.05) is 0 Å². The van der Waals surface area contributed by atoms with Crippen LogP contribution in [0.5, 0.6) is 0 Å². The lowest BCUT2D eigenvalue weighted by Gasteiger charge is -2.05. The summed E-state index contributed by atoms with van der Waals surface area (Å²) < 4.78 is 6.18. The van der Waals surface area contributed by atoms with Crippen molar-refractivity contribution < 1.29 is 14.0 Å². The zero-order valence-electron chi connectivity index (χ0n) is 10.2. The molecule has 0 aliphatic heterocycles. The third-order valence-corrected chi connectivity index (χ3v) is 2.20. The fourth-order valence-electron chi connectivity index (χ4n) is 1.36. The number of rotatable bonds is 4. The first-order chi connectivity index (χ1) is 9.67. The Morgan fingerprint density at radius 3 is 3.00 bits per heavy atom. The van der Waals surface area contributed by atoms with E-state index in [-0.39, 0.29) is 18.9 Å². The van der Waals surface area contributed by atoms with Gasteiger partial charge in [-0.15, -0.1) is 5.10 Å². The maximum absolute atomic E-state index is 11.5. The van der Waals surface area contributed by atoms with Crippen molar-refractivity contribution in [1.82, 2.24) is 25.4 Å². The predicted octanol–water partition coefficient (Wildman–Crippen LogP) is -0.231. The highest BCUT2D eigenvalue weighted by atomic mass is 16.3. The summed E-state index contributed by atoms with van der Waals surface area (Å²) in [7, 11) is 0. The number of imide groups is 1. The highest BCUT2D eigenvalue weighted by molar-refractivity contribution is 5.94. The van der Waals surface area contributed by atoms with Crippen molar-refractivity contribution in [2.75, 3.05) is 0 Å². The molecule has 0 aliphatic rings. The number of nitriles is 1. The van der Waals surface area contributed by atoms with E-state index in [4.69, 9.17) is 9.68 Å². The Labute approximate surface area is 113 Å². The van der Waals surface area contributed by atoms with Crippen LogP contribution >= 0.6 is 0 Å². The van der Waals surface area contributed by atoms with Gasteiger partial charge in [0.15, 0.2) is 0 Å². The van der Waals surface area contributed by atoms with Gasteiger partial charge in [-0.1, -0.05) is 0 Å². The standard InChI is InChI=1S/C11H10N6O3/c12-4-9-14-7-17(16-9)6-10(18)15-11(19)13-5-8-2-1-3-20-8/h1-3,7H,5-6H2,(H2,13,15,18,19). The SMILES string of the molecule is N#Cc1ncn(CC(=O)NC(=O)NCc2ccco2)n1. The van der Waals surface area contributed by atoms with Crippen LogP contribution in [-0.2, 0) is 17.9 Å². The van der Waals surface area contributed by atoms with Gasteiger partial charge in [0.1, 0.15) is 24.7 Å². The molecule has 0 atom stereocenters. The van der Waals surface area contributed by atoms with Gasteiger partial charge in [-0.3, -0.25) is 10.1 Å². The van der Waals surface area contributed by atoms with E-state index < -0.39 is 11.9 Å². The minimum atomic E-state index is -0.646. The summed E-state index contributed by atoms with van der Waals surface area (Å²) in [6, 6.07) is 4.47. The van der Waals surface area contributed by atoms with Crippen LogP contribution in [0.1, 0.15) is 11.6 Å². The number of carbonyl (C=O) groups excluding carboxylic acids is 2. The predicted molar refractivity (Wildman–Crippen MR) is 63.8 cm³/mol. The number of carbonyl (C=O) groups is 2. The molecule has 0 spiro atoms. The number of urea groups is 1. The van der Waals surface area contributed by atoms with Crippen LogP contribution in [0, 0.1) is 11.3 Å². The van der Waals surface area contributed by atoms with Crippen LogP contribution in [0.15, 0.2) is 29.1 Å². The summed E-state index contributed by atoms with van der Waals surface area (Å²) in [5, 5.41) is 16.8. The van der Waals surface area contributed by atoms with Crippen LogP contribution in [0.4, 0.5) is 4.79 Å². The summed E-state index contributed by atoms with van der Waals surface area (Å²) in [5.74, 6) is -0.0426. The molecule has 102 valence electrons. The molecule has 0 unspecified atom stereocenters. The topological polar surface area (TPSA) is 126 Å². The van der Waals surface area contributed by atoms with Crippen LogP contribution in [0.25, 0.3) is 0 Å². The minimum Gasteiger partial charge on any atom is -0.467 e. The molecule has 2 N–H and O–H groups in total. The molecule has 2 heterocycles. The van der Waals surface area contributed by atoms with E-state index in [1.807, 2.05) is 0 Å². The zero-order chi connectivity index (χ0) is 14.4. The normalized spacial score (nSPS) is 9.75. The van der Waals surface area contributed by atoms with Crippen molar-refractivity contribution in [3.8, 4) is 6.07 Å². The van der Waals surface area contributed by atoms with E-state index in [2.05, 4.69) is 20.7 Å². The Balaban J connectivity index is 1.76. The van der Waals surface area contributed by atoms with Gasteiger partial charge in [-0.2, -0.15) is 5.26 Å². The van der Waals surface area contributed by atoms with E-state index in [0.29, 0.717) is 5.76 Å². The van der Waals surface area contributed by atoms with Crippen molar-refractivity contribution in [2.24, 2.45) is 0 Å². The molecule has 0 aromatic carbocycles. The molecule has 0 bridgehead atoms. The number of aromatic nitrogens is 3. The van der Waals surface area contributed by atoms with E-state index >= 15 is 0 Å². The molecule has 0 fully saturated rings. The van der Waals surface area contributed by atoms with E-state index in [1.54, 1.807) is 18.2 Å². The Morgan fingerprint density at radius 2 is 2.35 bits per heavy atom. The number of amides is 3. The number of nitrogens with zero attached hydrogens (tertiary/aromatic N) is 4. The second kappa shape index (κ2) is 6.14. The van der Waals surface area contributed by atoms with Crippen molar-refractivity contribution in [3.63, 3.8) is 0 Å². The number of furan rings is 1. The second-order valence-electron chi connectivity index (χ2n) is 3.69. The third kappa shape index (κ3) is 3.67. The van der Waals surface area contributed by atoms with Gasteiger partial charge in [0.25, 0.3) is 5.82 Å². The van der Waals surface area contributed by atoms with E-state index in [0.717, 1.165) is 4.68 Å². The van der Waals surface area contributed by atoms with Gasteiger partial charge >= 0.3 is 6.03 Å². The fraction of sp³-hybridized carbons (Fsp3) is 0.182. The molecule has 3 amide bonds. The van der Waals surface area contributed by atoms with Crippen LogP contribution < -0.4 is 10.6 Å². The summed E-state index contributed by atoms with van der Waals surface area (Å²) in [5.41, 5.74) is 0. The quantitative estimate of drug-likeness (QED) is 0.793. The lowest BCUT2D eigenvalue weighted by molar-refractivity contribution is -0.120. The second-order valence-corrected chi connectivity index (χ2v) is 3.69. The Bertz CT molecular complexity index is 639. The highest BCUT2D eigenvalue weighted by Crippen LogP contribution is 1.98. The van der Waals surface area contributed by atoms with Gasteiger partial charge in [-0.25, -0.2) is 14.5 Å². The molecule has 0 saturated carbocycles. The van der Waals surface area contributed by atoms with Crippen molar-refractivity contribution in [3.05, 3.63) is 36.3 Å². The number of hydrogen-bond donors (Lipinski definition) is 2. The molecule has 0 saturated heterocycles. The molecule has 0 aliphatic carbocycles. The Morgan fingerprint density at radius 1 is 1.50 bits per heavy atom. The molecular formula is C11H10N6O3. The maximum atomic E-state index is 11.5. The van der Waals surface area contributed by atoms with Gasteiger partial charge in [-0.05, 0) is 12.1 Å². The van der Waals surface area contributed by atoms with Crippen molar-refractivity contribution >= 4 is 11.9 Å². The van der Waals surface area contributed by atoms with Gasteiger partial charge < -0.3 is 9.73 Å². The lowest BCUT2D eigenvalue weighted by atomic mass is 10.4. The molecule has 0 radical (unpaired) electrons. The first-order valence-electron chi connectivity index (χ1n) is 5.57. The number of nitrogens with one attached hydrogen (secondary N) is 2. The average molecular weight is 274 g/mol. The first-order valence-corrected chi connectivity index (χ1v) is 5.57. The lowest BCUT2D eigenvalue weighted by Crippen LogP contribution is -2.40. The van der Waals surface area contributed by atoms with E-state index in [1.165, 1.54) is 12.6 Å². The molecule has 9 heteroatoms. The Kier molecular flexibility index (Phi) is 4.08. The third-order valence-electron chi connectivity index (χ3n) is 2.20. The zero-order valence-corrected chi connectivity index (χ0v) is 10.2. The maximum Gasteiger partial charge on any atom is 0.321 e. The molecule has 2 aromatic rings. The summed E-state index contributed by atoms with van der Waals surface area (Å²) >= 11 is 0. The van der Waals surface area contributed by atoms with Gasteiger partial charge in [0.05, 0.1) is 12.8 Å². The summed E-state index contributed by atoms with van der Waals surface area (Å²) in [4.78, 5) is 26.6. The van der Waals surface area contributed by atoms with Crippen molar-refractivity contribution in [1.29, 1.82) is 5.26 Å². The first kappa shape index (κ1) is 13.3. The summed E-state index contributed by atoms with van der Waals surface area (Å²) in [6.07, 6.45) is 2.72. The largest absolute Gasteiger partial charge is 0.467 e. The van der Waals surface area contributed by atoms with Crippen LogP contribution in [0.3, 0.4) is 0 Å². The van der Waals surface area contributed by atoms with Gasteiger partial charge in [0.2, 0.25) is 5.91 Å². The average Bonchev–Trinajstić information content (AvgIpc) is 3.06. The summed E-state index contributed by atoms with van der Waals surface area (Å²) in [6.45, 7) is -0.0309. The smallest absolute Gasteiger partial charge is 0.321 e. The molecule has 20 heavy (non-hydrogen) atoms. The Hall–Kier alpha value is -3.15. The molecular weight excluding hydrogens is 264 g/mol. The molecule has 2 rings (SSSR count). The van der Waals surface area contributed by atoms with E-state index in [9.17, 15) is 9.59 Å². The number of hydrogen-bond acceptors (Lipinski definition) is 6. The fourth-order valence-corrected chi connectivity index (χ4v) is 1.36. The minimum absolute atomic E-state index is 0.0416. The highest BCUT2D eigenvalue weighted by Gasteiger charge is 2.10. The van der Waals surface area contributed by atoms with Crippen LogP contribution in [-0.4, -0.2) is 26.7 Å². The van der Waals surface area contributed by atoms with Crippen LogP contribution in [0.2, 0.25) is 0 Å².